The molecule has 0 fully saturated rings. The molecule has 1 N–H and O–H groups in total. The Kier molecular flexibility index (Phi) is 5.38. The van der Waals surface area contributed by atoms with Crippen LogP contribution in [0.15, 0.2) is 35.7 Å². The van der Waals surface area contributed by atoms with Gasteiger partial charge >= 0.3 is 16.4 Å². The van der Waals surface area contributed by atoms with E-state index in [0.29, 0.717) is 13.0 Å². The number of benzene rings is 1. The fourth-order valence-electron chi connectivity index (χ4n) is 3.09. The second-order valence-corrected chi connectivity index (χ2v) is 8.10. The van der Waals surface area contributed by atoms with Crippen LogP contribution in [0.5, 0.6) is 0 Å². The first-order chi connectivity index (χ1) is 12.3. The van der Waals surface area contributed by atoms with Gasteiger partial charge in [-0.3, -0.25) is 9.45 Å². The summed E-state index contributed by atoms with van der Waals surface area (Å²) in [5.41, 5.74) is -1.22. The predicted octanol–water partition coefficient (Wildman–Crippen LogP) is 2.61. The lowest BCUT2D eigenvalue weighted by molar-refractivity contribution is -0.185. The number of thiophene rings is 1. The smallest absolute Gasteiger partial charge is 0.400 e. The highest BCUT2D eigenvalue weighted by Gasteiger charge is 2.53. The maximum Gasteiger partial charge on any atom is 0.400 e. The van der Waals surface area contributed by atoms with Gasteiger partial charge in [0, 0.05) is 28.6 Å². The van der Waals surface area contributed by atoms with E-state index >= 15 is 0 Å². The summed E-state index contributed by atoms with van der Waals surface area (Å²) in [5.74, 6) is -0.998. The van der Waals surface area contributed by atoms with Crippen LogP contribution in [0, 0.1) is 0 Å². The van der Waals surface area contributed by atoms with Crippen molar-refractivity contribution in [3.63, 3.8) is 0 Å². The molecule has 1 aliphatic heterocycles. The van der Waals surface area contributed by atoms with Gasteiger partial charge in [0.25, 0.3) is 5.72 Å². The Hall–Kier alpha value is -1.49. The van der Waals surface area contributed by atoms with Crippen molar-refractivity contribution < 1.29 is 26.7 Å². The summed E-state index contributed by atoms with van der Waals surface area (Å²) in [4.78, 5) is 15.4. The molecule has 3 rings (SSSR count). The Bertz CT molecular complexity index is 928. The molecule has 0 aliphatic carbocycles. The third-order valence-electron chi connectivity index (χ3n) is 4.18. The van der Waals surface area contributed by atoms with Crippen molar-refractivity contribution in [2.75, 3.05) is 13.7 Å². The van der Waals surface area contributed by atoms with E-state index in [1.807, 2.05) is 11.4 Å². The molecule has 1 atom stereocenters. The fraction of sp³-hybridized carbons (Fsp3) is 0.312. The lowest BCUT2D eigenvalue weighted by Gasteiger charge is -2.41. The molecule has 26 heavy (non-hydrogen) atoms. The second kappa shape index (κ2) is 7.26. The Morgan fingerprint density at radius 2 is 2.08 bits per heavy atom. The molecule has 0 radical (unpaired) electrons. The molecule has 1 aromatic heterocycles. The number of halogens is 1. The minimum Gasteiger partial charge on any atom is -0.466 e. The SMILES string of the molecule is COC(=O)[C@@](OS(=O)(=O)O)(c1ccccc1Cl)N1CCc2sccc2C1. The van der Waals surface area contributed by atoms with Crippen molar-refractivity contribution in [1.82, 2.24) is 4.90 Å². The summed E-state index contributed by atoms with van der Waals surface area (Å²) >= 11 is 7.83. The lowest BCUT2D eigenvalue weighted by Crippen LogP contribution is -2.56. The summed E-state index contributed by atoms with van der Waals surface area (Å²) in [6.45, 7) is 0.540. The first-order valence-corrected chi connectivity index (χ1v) is 10.2. The maximum absolute atomic E-state index is 12.8. The van der Waals surface area contributed by atoms with E-state index in [1.165, 1.54) is 17.0 Å². The van der Waals surface area contributed by atoms with Crippen molar-refractivity contribution in [1.29, 1.82) is 0 Å². The van der Waals surface area contributed by atoms with Gasteiger partial charge in [-0.05, 0) is 29.5 Å². The molecule has 140 valence electrons. The van der Waals surface area contributed by atoms with Crippen molar-refractivity contribution in [2.45, 2.75) is 18.7 Å². The van der Waals surface area contributed by atoms with Gasteiger partial charge in [0.1, 0.15) is 0 Å². The van der Waals surface area contributed by atoms with Crippen LogP contribution in [0.1, 0.15) is 16.0 Å². The van der Waals surface area contributed by atoms with Gasteiger partial charge in [0.05, 0.1) is 7.11 Å². The fourth-order valence-corrected chi connectivity index (χ4v) is 4.81. The quantitative estimate of drug-likeness (QED) is 0.590. The molecule has 0 saturated carbocycles. The molecule has 2 heterocycles. The molecule has 0 unspecified atom stereocenters. The Morgan fingerprint density at radius 3 is 2.73 bits per heavy atom. The van der Waals surface area contributed by atoms with Crippen LogP contribution in [-0.4, -0.2) is 37.5 Å². The van der Waals surface area contributed by atoms with E-state index in [2.05, 4.69) is 0 Å². The highest BCUT2D eigenvalue weighted by atomic mass is 35.5. The van der Waals surface area contributed by atoms with E-state index in [-0.39, 0.29) is 17.1 Å². The molecule has 10 heteroatoms. The number of ether oxygens (including phenoxy) is 1. The number of hydrogen-bond donors (Lipinski definition) is 1. The zero-order chi connectivity index (χ0) is 18.9. The molecule has 0 spiro atoms. The summed E-state index contributed by atoms with van der Waals surface area (Å²) in [7, 11) is -3.90. The molecular formula is C16H16ClNO6S2. The van der Waals surface area contributed by atoms with Gasteiger partial charge < -0.3 is 4.74 Å². The number of methoxy groups -OCH3 is 1. The van der Waals surface area contributed by atoms with Crippen LogP contribution in [0.4, 0.5) is 0 Å². The summed E-state index contributed by atoms with van der Waals surface area (Å²) < 4.78 is 42.5. The van der Waals surface area contributed by atoms with E-state index in [1.54, 1.807) is 23.5 Å². The molecule has 0 saturated heterocycles. The van der Waals surface area contributed by atoms with Gasteiger partial charge in [-0.1, -0.05) is 29.8 Å². The summed E-state index contributed by atoms with van der Waals surface area (Å²) in [6, 6.07) is 8.09. The van der Waals surface area contributed by atoms with E-state index < -0.39 is 22.1 Å². The highest BCUT2D eigenvalue weighted by molar-refractivity contribution is 7.80. The van der Waals surface area contributed by atoms with E-state index in [4.69, 9.17) is 20.5 Å². The van der Waals surface area contributed by atoms with Crippen molar-refractivity contribution in [3.05, 3.63) is 56.7 Å². The average molecular weight is 418 g/mol. The number of hydrogen-bond acceptors (Lipinski definition) is 7. The van der Waals surface area contributed by atoms with E-state index in [0.717, 1.165) is 17.6 Å². The molecule has 2 aromatic rings. The molecule has 1 aliphatic rings. The first-order valence-electron chi connectivity index (χ1n) is 7.59. The zero-order valence-corrected chi connectivity index (χ0v) is 16.1. The standard InChI is InChI=1S/C16H16ClNO6S2/c1-23-15(19)16(24-26(20,21)22,12-4-2-3-5-13(12)17)18-8-6-14-11(10-18)7-9-25-14/h2-5,7,9H,6,8,10H2,1H3,(H,20,21,22)/t16-/m0/s1. The number of carbonyl (C=O) groups excluding carboxylic acids is 1. The lowest BCUT2D eigenvalue weighted by atomic mass is 9.97. The number of esters is 1. The Labute approximate surface area is 160 Å². The van der Waals surface area contributed by atoms with Crippen LogP contribution in [-0.2, 0) is 42.8 Å². The molecule has 1 aromatic carbocycles. The van der Waals surface area contributed by atoms with Gasteiger partial charge in [0.2, 0.25) is 0 Å². The Morgan fingerprint density at radius 1 is 1.35 bits per heavy atom. The minimum absolute atomic E-state index is 0.0739. The van der Waals surface area contributed by atoms with Crippen LogP contribution in [0.25, 0.3) is 0 Å². The van der Waals surface area contributed by atoms with Crippen LogP contribution in [0.2, 0.25) is 5.02 Å². The maximum atomic E-state index is 12.8. The van der Waals surface area contributed by atoms with Crippen molar-refractivity contribution in [3.8, 4) is 0 Å². The first kappa shape index (κ1) is 19.3. The summed E-state index contributed by atoms with van der Waals surface area (Å²) in [5, 5.41) is 2.03. The molecule has 0 bridgehead atoms. The topological polar surface area (TPSA) is 93.1 Å². The predicted molar refractivity (Wildman–Crippen MR) is 96.2 cm³/mol. The number of carbonyl (C=O) groups is 1. The number of fused-ring (bicyclic) bond motifs is 1. The monoisotopic (exact) mass is 417 g/mol. The third kappa shape index (κ3) is 3.51. The van der Waals surface area contributed by atoms with Crippen molar-refractivity contribution >= 4 is 39.3 Å². The third-order valence-corrected chi connectivity index (χ3v) is 5.98. The Balaban J connectivity index is 2.20. The average Bonchev–Trinajstić information content (AvgIpc) is 3.06. The van der Waals surface area contributed by atoms with Gasteiger partial charge in [0.15, 0.2) is 0 Å². The molecule has 0 amide bonds. The van der Waals surface area contributed by atoms with Crippen molar-refractivity contribution in [2.24, 2.45) is 0 Å². The summed E-state index contributed by atoms with van der Waals surface area (Å²) in [6.07, 6.45) is 0.588. The highest BCUT2D eigenvalue weighted by Crippen LogP contribution is 2.40. The normalized spacial score (nSPS) is 17.3. The second-order valence-electron chi connectivity index (χ2n) is 5.67. The largest absolute Gasteiger partial charge is 0.466 e. The van der Waals surface area contributed by atoms with E-state index in [9.17, 15) is 17.8 Å². The van der Waals surface area contributed by atoms with Crippen LogP contribution >= 0.6 is 22.9 Å². The number of nitrogens with zero attached hydrogens (tertiary/aromatic N) is 1. The number of rotatable bonds is 5. The van der Waals surface area contributed by atoms with Crippen LogP contribution < -0.4 is 0 Å². The zero-order valence-electron chi connectivity index (χ0n) is 13.7. The molecule has 7 nitrogen and oxygen atoms in total. The van der Waals surface area contributed by atoms with Gasteiger partial charge in [-0.15, -0.1) is 11.3 Å². The van der Waals surface area contributed by atoms with Gasteiger partial charge in [-0.2, -0.15) is 8.42 Å². The minimum atomic E-state index is -5.01. The molecular weight excluding hydrogens is 402 g/mol. The van der Waals surface area contributed by atoms with Crippen LogP contribution in [0.3, 0.4) is 0 Å². The van der Waals surface area contributed by atoms with Gasteiger partial charge in [-0.25, -0.2) is 8.98 Å².